The number of halogens is 1. The standard InChI is InChI=1S/C25H28FN3O6/c1-25(2,3)35-23(33)20-11-10-19(14-6-4-5-7-17(14)26)29(20)21-15(12-13-30)18(28-24(27)34)9-8-16(21)22(31)32/h4-9,13,19-20H,10-12H2,1-3H3,(H,31,32)(H3,27,28,34). The van der Waals surface area contributed by atoms with Crippen LogP contribution in [-0.4, -0.2) is 41.0 Å². The van der Waals surface area contributed by atoms with E-state index in [2.05, 4.69) is 5.32 Å². The summed E-state index contributed by atoms with van der Waals surface area (Å²) in [6, 6.07) is 5.98. The number of carboxylic acid groups (broad SMARTS) is 1. The molecule has 9 nitrogen and oxygen atoms in total. The molecule has 0 bridgehead atoms. The van der Waals surface area contributed by atoms with E-state index in [0.29, 0.717) is 12.7 Å². The van der Waals surface area contributed by atoms with Crippen LogP contribution in [0.4, 0.5) is 20.6 Å². The Morgan fingerprint density at radius 2 is 1.89 bits per heavy atom. The Morgan fingerprint density at radius 1 is 1.20 bits per heavy atom. The predicted octanol–water partition coefficient (Wildman–Crippen LogP) is 3.81. The fourth-order valence-corrected chi connectivity index (χ4v) is 4.42. The Morgan fingerprint density at radius 3 is 2.46 bits per heavy atom. The maximum Gasteiger partial charge on any atom is 0.337 e. The lowest BCUT2D eigenvalue weighted by molar-refractivity contribution is -0.156. The first-order valence-electron chi connectivity index (χ1n) is 11.1. The summed E-state index contributed by atoms with van der Waals surface area (Å²) in [6.45, 7) is 5.11. The zero-order valence-electron chi connectivity index (χ0n) is 19.7. The summed E-state index contributed by atoms with van der Waals surface area (Å²) in [5.74, 6) is -2.45. The second-order valence-corrected chi connectivity index (χ2v) is 9.22. The van der Waals surface area contributed by atoms with Crippen molar-refractivity contribution in [3.8, 4) is 0 Å². The second kappa shape index (κ2) is 10.1. The van der Waals surface area contributed by atoms with E-state index >= 15 is 0 Å². The second-order valence-electron chi connectivity index (χ2n) is 9.22. The van der Waals surface area contributed by atoms with Crippen molar-refractivity contribution in [3.05, 3.63) is 58.9 Å². The molecule has 186 valence electrons. The number of nitrogens with one attached hydrogen (secondary N) is 1. The summed E-state index contributed by atoms with van der Waals surface area (Å²) in [5, 5.41) is 12.4. The number of carbonyl (C=O) groups is 4. The minimum Gasteiger partial charge on any atom is -0.478 e. The molecule has 1 saturated heterocycles. The number of ether oxygens (including phenoxy) is 1. The quantitative estimate of drug-likeness (QED) is 0.400. The highest BCUT2D eigenvalue weighted by atomic mass is 19.1. The highest BCUT2D eigenvalue weighted by Crippen LogP contribution is 2.46. The molecule has 4 N–H and O–H groups in total. The van der Waals surface area contributed by atoms with Crippen molar-refractivity contribution >= 4 is 35.6 Å². The van der Waals surface area contributed by atoms with Gasteiger partial charge in [-0.2, -0.15) is 0 Å². The van der Waals surface area contributed by atoms with Crippen molar-refractivity contribution in [1.82, 2.24) is 0 Å². The maximum absolute atomic E-state index is 14.9. The third-order valence-corrected chi connectivity index (χ3v) is 5.64. The Balaban J connectivity index is 2.31. The monoisotopic (exact) mass is 485 g/mol. The van der Waals surface area contributed by atoms with Crippen molar-refractivity contribution in [2.24, 2.45) is 5.73 Å². The number of benzene rings is 2. The summed E-state index contributed by atoms with van der Waals surface area (Å²) < 4.78 is 20.5. The van der Waals surface area contributed by atoms with Crippen LogP contribution in [0.5, 0.6) is 0 Å². The minimum atomic E-state index is -1.32. The summed E-state index contributed by atoms with van der Waals surface area (Å²) in [5.41, 5.74) is 4.80. The van der Waals surface area contributed by atoms with Crippen LogP contribution in [0, 0.1) is 5.82 Å². The van der Waals surface area contributed by atoms with Gasteiger partial charge in [0.1, 0.15) is 23.7 Å². The Labute approximate surface area is 202 Å². The fraction of sp³-hybridized carbons (Fsp3) is 0.360. The number of aromatic carboxylic acids is 1. The lowest BCUT2D eigenvalue weighted by Gasteiger charge is -2.36. The van der Waals surface area contributed by atoms with Crippen LogP contribution < -0.4 is 16.0 Å². The van der Waals surface area contributed by atoms with E-state index in [1.165, 1.54) is 29.2 Å². The Hall–Kier alpha value is -3.95. The normalized spacial score (nSPS) is 17.7. The van der Waals surface area contributed by atoms with Gasteiger partial charge in [-0.05, 0) is 51.8 Å². The number of nitrogens with zero attached hydrogens (tertiary/aromatic N) is 1. The lowest BCUT2D eigenvalue weighted by Crippen LogP contribution is -2.43. The van der Waals surface area contributed by atoms with E-state index < -0.39 is 41.5 Å². The summed E-state index contributed by atoms with van der Waals surface area (Å²) >= 11 is 0. The lowest BCUT2D eigenvalue weighted by atomic mass is 9.97. The molecule has 2 unspecified atom stereocenters. The molecule has 2 amide bonds. The first-order valence-corrected chi connectivity index (χ1v) is 11.1. The Bertz CT molecular complexity index is 1160. The summed E-state index contributed by atoms with van der Waals surface area (Å²) in [6.07, 6.45) is 0.833. The average Bonchev–Trinajstić information content (AvgIpc) is 3.18. The molecule has 1 heterocycles. The molecule has 1 aliphatic heterocycles. The minimum absolute atomic E-state index is 0.0254. The van der Waals surface area contributed by atoms with Crippen molar-refractivity contribution in [1.29, 1.82) is 0 Å². The van der Waals surface area contributed by atoms with Crippen LogP contribution in [0.15, 0.2) is 36.4 Å². The summed E-state index contributed by atoms with van der Waals surface area (Å²) in [7, 11) is 0. The van der Waals surface area contributed by atoms with Gasteiger partial charge >= 0.3 is 18.0 Å². The van der Waals surface area contributed by atoms with Crippen molar-refractivity contribution in [2.45, 2.75) is 57.7 Å². The zero-order chi connectivity index (χ0) is 25.9. The summed E-state index contributed by atoms with van der Waals surface area (Å²) in [4.78, 5) is 50.2. The van der Waals surface area contributed by atoms with Gasteiger partial charge in [-0.1, -0.05) is 18.2 Å². The van der Waals surface area contributed by atoms with Crippen molar-refractivity contribution < 1.29 is 33.4 Å². The van der Waals surface area contributed by atoms with E-state index in [1.54, 1.807) is 32.9 Å². The fourth-order valence-electron chi connectivity index (χ4n) is 4.42. The van der Waals surface area contributed by atoms with E-state index in [4.69, 9.17) is 10.5 Å². The molecule has 0 aliphatic carbocycles. The number of esters is 1. The molecule has 0 spiro atoms. The number of carbonyl (C=O) groups excluding carboxylic acids is 3. The smallest absolute Gasteiger partial charge is 0.337 e. The highest BCUT2D eigenvalue weighted by molar-refractivity contribution is 6.01. The largest absolute Gasteiger partial charge is 0.478 e. The number of rotatable bonds is 7. The van der Waals surface area contributed by atoms with Crippen molar-refractivity contribution in [2.75, 3.05) is 10.2 Å². The van der Waals surface area contributed by atoms with Gasteiger partial charge in [0.15, 0.2) is 0 Å². The van der Waals surface area contributed by atoms with Gasteiger partial charge in [0.05, 0.1) is 17.3 Å². The Kier molecular flexibility index (Phi) is 7.42. The third kappa shape index (κ3) is 5.59. The molecule has 1 aliphatic rings. The van der Waals surface area contributed by atoms with Gasteiger partial charge in [-0.3, -0.25) is 0 Å². The highest BCUT2D eigenvalue weighted by Gasteiger charge is 2.44. The first kappa shape index (κ1) is 25.7. The molecule has 2 aromatic carbocycles. The van der Waals surface area contributed by atoms with Crippen LogP contribution in [0.2, 0.25) is 0 Å². The zero-order valence-corrected chi connectivity index (χ0v) is 19.7. The average molecular weight is 486 g/mol. The van der Waals surface area contributed by atoms with Gasteiger partial charge < -0.3 is 30.6 Å². The molecular formula is C25H28FN3O6. The molecule has 35 heavy (non-hydrogen) atoms. The number of aldehydes is 1. The maximum atomic E-state index is 14.9. The van der Waals surface area contributed by atoms with Gasteiger partial charge in [0, 0.05) is 23.2 Å². The molecular weight excluding hydrogens is 457 g/mol. The molecule has 0 aromatic heterocycles. The SMILES string of the molecule is CC(C)(C)OC(=O)C1CCC(c2ccccc2F)N1c1c(C(=O)O)ccc(NC(N)=O)c1CC=O. The molecule has 2 aromatic rings. The number of carboxylic acids is 1. The number of anilines is 2. The topological polar surface area (TPSA) is 139 Å². The van der Waals surface area contributed by atoms with Crippen LogP contribution in [0.3, 0.4) is 0 Å². The van der Waals surface area contributed by atoms with Gasteiger partial charge in [-0.15, -0.1) is 0 Å². The molecule has 3 rings (SSSR count). The predicted molar refractivity (Wildman–Crippen MR) is 127 cm³/mol. The van der Waals surface area contributed by atoms with Crippen LogP contribution in [0.25, 0.3) is 0 Å². The first-order chi connectivity index (χ1) is 16.4. The molecule has 10 heteroatoms. The van der Waals surface area contributed by atoms with E-state index in [0.717, 1.165) is 0 Å². The number of hydrogen-bond acceptors (Lipinski definition) is 6. The molecule has 2 atom stereocenters. The van der Waals surface area contributed by atoms with E-state index in [9.17, 15) is 28.7 Å². The van der Waals surface area contributed by atoms with Gasteiger partial charge in [0.2, 0.25) is 0 Å². The number of primary amides is 1. The number of nitrogens with two attached hydrogens (primary N) is 1. The van der Waals surface area contributed by atoms with Crippen LogP contribution >= 0.6 is 0 Å². The van der Waals surface area contributed by atoms with Crippen LogP contribution in [0.1, 0.15) is 61.1 Å². The third-order valence-electron chi connectivity index (χ3n) is 5.64. The van der Waals surface area contributed by atoms with E-state index in [1.807, 2.05) is 0 Å². The number of urea groups is 1. The van der Waals surface area contributed by atoms with Gasteiger partial charge in [-0.25, -0.2) is 18.8 Å². The van der Waals surface area contributed by atoms with Gasteiger partial charge in [0.25, 0.3) is 0 Å². The molecule has 0 radical (unpaired) electrons. The number of amides is 2. The molecule has 1 fully saturated rings. The van der Waals surface area contributed by atoms with Crippen molar-refractivity contribution in [3.63, 3.8) is 0 Å². The van der Waals surface area contributed by atoms with Crippen LogP contribution in [-0.2, 0) is 20.7 Å². The molecule has 0 saturated carbocycles. The van der Waals surface area contributed by atoms with E-state index in [-0.39, 0.29) is 40.9 Å². The number of hydrogen-bond donors (Lipinski definition) is 3.